The molecule has 0 spiro atoms. The molecule has 0 heterocycles. The van der Waals surface area contributed by atoms with E-state index in [1.807, 2.05) is 49.4 Å². The highest BCUT2D eigenvalue weighted by Gasteiger charge is 2.23. The maximum absolute atomic E-state index is 13.2. The highest BCUT2D eigenvalue weighted by Crippen LogP contribution is 2.44. The molecule has 0 unspecified atom stereocenters. The van der Waals surface area contributed by atoms with E-state index in [4.69, 9.17) is 4.74 Å². The van der Waals surface area contributed by atoms with Crippen LogP contribution in [0.15, 0.2) is 85.5 Å². The summed E-state index contributed by atoms with van der Waals surface area (Å²) in [5.41, 5.74) is 2.75. The Hall–Kier alpha value is -3.59. The van der Waals surface area contributed by atoms with Crippen molar-refractivity contribution in [1.29, 1.82) is 0 Å². The molecule has 32 heavy (non-hydrogen) atoms. The molecule has 0 saturated carbocycles. The number of amides is 1. The molecule has 0 radical (unpaired) electrons. The van der Waals surface area contributed by atoms with Crippen LogP contribution in [-0.4, -0.2) is 13.0 Å². The summed E-state index contributed by atoms with van der Waals surface area (Å²) in [6.07, 6.45) is 2.75. The lowest BCUT2D eigenvalue weighted by molar-refractivity contribution is -0.120. The van der Waals surface area contributed by atoms with Gasteiger partial charge in [0, 0.05) is 22.7 Å². The van der Waals surface area contributed by atoms with Crippen molar-refractivity contribution in [1.82, 2.24) is 0 Å². The average molecular weight is 424 g/mol. The molecule has 0 aliphatic heterocycles. The first-order valence-corrected chi connectivity index (χ1v) is 11.1. The van der Waals surface area contributed by atoms with E-state index in [2.05, 4.69) is 55.2 Å². The van der Waals surface area contributed by atoms with Gasteiger partial charge in [-0.15, -0.1) is 6.58 Å². The first-order chi connectivity index (χ1) is 15.6. The van der Waals surface area contributed by atoms with Crippen LogP contribution in [-0.2, 0) is 4.79 Å². The van der Waals surface area contributed by atoms with Crippen molar-refractivity contribution < 1.29 is 9.53 Å². The van der Waals surface area contributed by atoms with Gasteiger partial charge in [0.25, 0.3) is 0 Å². The summed E-state index contributed by atoms with van der Waals surface area (Å²) in [7, 11) is 1.69. The first-order valence-electron chi connectivity index (χ1n) is 11.1. The van der Waals surface area contributed by atoms with Gasteiger partial charge in [-0.05, 0) is 46.0 Å². The number of hydrogen-bond acceptors (Lipinski definition) is 2. The van der Waals surface area contributed by atoms with Gasteiger partial charge >= 0.3 is 0 Å². The van der Waals surface area contributed by atoms with Crippen molar-refractivity contribution in [2.75, 3.05) is 12.4 Å². The van der Waals surface area contributed by atoms with E-state index < -0.39 is 0 Å². The normalized spacial score (nSPS) is 13.0. The van der Waals surface area contributed by atoms with Gasteiger partial charge in [0.2, 0.25) is 5.91 Å². The van der Waals surface area contributed by atoms with Crippen molar-refractivity contribution in [2.24, 2.45) is 11.8 Å². The Balaban J connectivity index is 1.97. The molecule has 4 aromatic carbocycles. The highest BCUT2D eigenvalue weighted by atomic mass is 16.5. The molecule has 0 aliphatic rings. The van der Waals surface area contributed by atoms with Gasteiger partial charge < -0.3 is 10.1 Å². The lowest BCUT2D eigenvalue weighted by Gasteiger charge is -2.22. The van der Waals surface area contributed by atoms with Crippen molar-refractivity contribution >= 4 is 33.1 Å². The van der Waals surface area contributed by atoms with Crippen molar-refractivity contribution in [3.63, 3.8) is 0 Å². The van der Waals surface area contributed by atoms with Crippen LogP contribution in [0.3, 0.4) is 0 Å². The predicted octanol–water partition coefficient (Wildman–Crippen LogP) is 7.46. The maximum Gasteiger partial charge on any atom is 0.227 e. The zero-order valence-electron chi connectivity index (χ0n) is 18.9. The van der Waals surface area contributed by atoms with Crippen LogP contribution >= 0.6 is 0 Å². The van der Waals surface area contributed by atoms with Crippen molar-refractivity contribution in [3.05, 3.63) is 85.5 Å². The van der Waals surface area contributed by atoms with E-state index in [1.165, 1.54) is 0 Å². The minimum absolute atomic E-state index is 0.00696. The second-order valence-corrected chi connectivity index (χ2v) is 8.16. The Labute approximate surface area is 189 Å². The summed E-state index contributed by atoms with van der Waals surface area (Å²) in [6.45, 7) is 7.95. The second-order valence-electron chi connectivity index (χ2n) is 8.16. The number of carbonyl (C=O) groups is 1. The molecule has 1 amide bonds. The predicted molar refractivity (Wildman–Crippen MR) is 135 cm³/mol. The summed E-state index contributed by atoms with van der Waals surface area (Å²) < 4.78 is 5.81. The average Bonchev–Trinajstić information content (AvgIpc) is 2.84. The quantitative estimate of drug-likeness (QED) is 0.313. The summed E-state index contributed by atoms with van der Waals surface area (Å²) in [5.74, 6) is 0.728. The van der Waals surface area contributed by atoms with Crippen LogP contribution in [0, 0.1) is 11.8 Å². The largest absolute Gasteiger partial charge is 0.496 e. The fraction of sp³-hybridized carbons (Fsp3) is 0.207. The Bertz CT molecular complexity index is 1290. The van der Waals surface area contributed by atoms with Gasteiger partial charge in [-0.1, -0.05) is 80.6 Å². The zero-order valence-corrected chi connectivity index (χ0v) is 18.9. The minimum Gasteiger partial charge on any atom is -0.496 e. The fourth-order valence-electron chi connectivity index (χ4n) is 4.49. The fourth-order valence-corrected chi connectivity index (χ4v) is 4.49. The maximum atomic E-state index is 13.2. The molecule has 0 aromatic heterocycles. The van der Waals surface area contributed by atoms with Gasteiger partial charge in [-0.3, -0.25) is 4.79 Å². The molecule has 2 atom stereocenters. The van der Waals surface area contributed by atoms with Gasteiger partial charge in [-0.25, -0.2) is 0 Å². The molecule has 4 aromatic rings. The summed E-state index contributed by atoms with van der Waals surface area (Å²) in [5, 5.41) is 7.62. The molecule has 0 aliphatic carbocycles. The summed E-state index contributed by atoms with van der Waals surface area (Å²) in [4.78, 5) is 13.2. The molecule has 0 bridgehead atoms. The number of anilines is 1. The van der Waals surface area contributed by atoms with Crippen LogP contribution < -0.4 is 10.1 Å². The van der Waals surface area contributed by atoms with Crippen LogP contribution in [0.4, 0.5) is 5.69 Å². The Kier molecular flexibility index (Phi) is 6.27. The molecule has 0 fully saturated rings. The number of hydrogen-bond donors (Lipinski definition) is 1. The van der Waals surface area contributed by atoms with E-state index in [0.29, 0.717) is 0 Å². The number of benzene rings is 4. The van der Waals surface area contributed by atoms with Gasteiger partial charge in [0.15, 0.2) is 0 Å². The third kappa shape index (κ3) is 3.87. The Morgan fingerprint density at radius 2 is 1.53 bits per heavy atom. The van der Waals surface area contributed by atoms with Crippen LogP contribution in [0.1, 0.15) is 20.3 Å². The third-order valence-corrected chi connectivity index (χ3v) is 6.38. The number of nitrogens with one attached hydrogen (secondary N) is 1. The van der Waals surface area contributed by atoms with Crippen molar-refractivity contribution in [2.45, 2.75) is 20.3 Å². The van der Waals surface area contributed by atoms with E-state index in [1.54, 1.807) is 7.11 Å². The lowest BCUT2D eigenvalue weighted by atomic mass is 9.89. The van der Waals surface area contributed by atoms with E-state index in [9.17, 15) is 4.79 Å². The molecule has 3 nitrogen and oxygen atoms in total. The molecule has 4 rings (SSSR count). The monoisotopic (exact) mass is 423 g/mol. The summed E-state index contributed by atoms with van der Waals surface area (Å²) in [6, 6.07) is 24.6. The topological polar surface area (TPSA) is 38.3 Å². The minimum atomic E-state index is -0.175. The zero-order chi connectivity index (χ0) is 22.7. The van der Waals surface area contributed by atoms with Crippen LogP contribution in [0.5, 0.6) is 5.75 Å². The third-order valence-electron chi connectivity index (χ3n) is 6.38. The van der Waals surface area contributed by atoms with E-state index in [-0.39, 0.29) is 17.7 Å². The van der Waals surface area contributed by atoms with Gasteiger partial charge in [0.1, 0.15) is 5.75 Å². The van der Waals surface area contributed by atoms with E-state index in [0.717, 1.165) is 50.5 Å². The molecular formula is C29H29NO2. The number of allylic oxidation sites excluding steroid dienone is 1. The van der Waals surface area contributed by atoms with Gasteiger partial charge in [-0.2, -0.15) is 0 Å². The Morgan fingerprint density at radius 3 is 2.12 bits per heavy atom. The highest BCUT2D eigenvalue weighted by molar-refractivity contribution is 6.13. The standard InChI is InChI=1S/C29H29NO2/c1-5-20(6-2)19(3)29(31)30-25-17-15-21-11-7-9-13-23(21)27(25)28-24-14-10-8-12-22(24)16-18-26(28)32-4/h5,7-20H,1,6H2,2-4H3,(H,30,31)/t19-,20+/m0/s1. The summed E-state index contributed by atoms with van der Waals surface area (Å²) >= 11 is 0. The van der Waals surface area contributed by atoms with Crippen LogP contribution in [0.2, 0.25) is 0 Å². The molecule has 1 N–H and O–H groups in total. The number of methoxy groups -OCH3 is 1. The molecule has 3 heteroatoms. The smallest absolute Gasteiger partial charge is 0.227 e. The number of ether oxygens (including phenoxy) is 1. The molecular weight excluding hydrogens is 394 g/mol. The molecule has 162 valence electrons. The van der Waals surface area contributed by atoms with E-state index >= 15 is 0 Å². The number of fused-ring (bicyclic) bond motifs is 2. The second kappa shape index (κ2) is 9.27. The SMILES string of the molecule is C=C[C@H](CC)[C@H](C)C(=O)Nc1ccc2ccccc2c1-c1c(OC)ccc2ccccc12. The molecule has 0 saturated heterocycles. The lowest BCUT2D eigenvalue weighted by Crippen LogP contribution is -2.26. The first kappa shape index (κ1) is 21.6. The van der Waals surface area contributed by atoms with Crippen molar-refractivity contribution in [3.8, 4) is 16.9 Å². The number of carbonyl (C=O) groups excluding carboxylic acids is 1. The van der Waals surface area contributed by atoms with Crippen LogP contribution in [0.25, 0.3) is 32.7 Å². The Morgan fingerprint density at radius 1 is 0.938 bits per heavy atom. The van der Waals surface area contributed by atoms with Gasteiger partial charge in [0.05, 0.1) is 7.11 Å². The number of rotatable bonds is 7.